The zero-order chi connectivity index (χ0) is 15.6. The summed E-state index contributed by atoms with van der Waals surface area (Å²) in [6.07, 6.45) is 6.28. The van der Waals surface area contributed by atoms with Crippen LogP contribution in [0, 0.1) is 0 Å². The maximum atomic E-state index is 12.2. The Bertz CT molecular complexity index is 722. The van der Waals surface area contributed by atoms with Gasteiger partial charge in [-0.25, -0.2) is 23.1 Å². The van der Waals surface area contributed by atoms with Gasteiger partial charge in [0.05, 0.1) is 24.2 Å². The van der Waals surface area contributed by atoms with Crippen molar-refractivity contribution in [1.82, 2.24) is 28.6 Å². The van der Waals surface area contributed by atoms with Crippen LogP contribution >= 0.6 is 0 Å². The molecule has 0 aliphatic carbocycles. The Morgan fingerprint density at radius 3 is 2.86 bits per heavy atom. The summed E-state index contributed by atoms with van der Waals surface area (Å²) in [7, 11) is -3.15. The second-order valence-electron chi connectivity index (χ2n) is 5.38. The third kappa shape index (κ3) is 3.05. The van der Waals surface area contributed by atoms with E-state index in [2.05, 4.69) is 19.6 Å². The number of rotatable bonds is 5. The Hall–Kier alpha value is -1.74. The Kier molecular flexibility index (Phi) is 4.25. The second-order valence-corrected chi connectivity index (χ2v) is 7.46. The summed E-state index contributed by atoms with van der Waals surface area (Å²) in [5, 5.41) is 4.10. The number of nitrogens with zero attached hydrogens (tertiary/aromatic N) is 6. The lowest BCUT2D eigenvalue weighted by Gasteiger charge is -2.19. The third-order valence-electron chi connectivity index (χ3n) is 3.82. The Morgan fingerprint density at radius 2 is 2.14 bits per heavy atom. The minimum absolute atomic E-state index is 0.209. The molecule has 0 amide bonds. The fourth-order valence-electron chi connectivity index (χ4n) is 2.75. The quantitative estimate of drug-likeness (QED) is 0.780. The summed E-state index contributed by atoms with van der Waals surface area (Å²) in [6.45, 7) is 4.10. The maximum Gasteiger partial charge on any atom is 0.214 e. The molecule has 3 rings (SSSR count). The molecule has 1 aliphatic heterocycles. The minimum Gasteiger partial charge on any atom is -0.329 e. The molecule has 0 bridgehead atoms. The molecule has 0 unspecified atom stereocenters. The van der Waals surface area contributed by atoms with Gasteiger partial charge >= 0.3 is 0 Å². The lowest BCUT2D eigenvalue weighted by molar-refractivity contribution is 0.412. The molecule has 2 aromatic heterocycles. The highest BCUT2D eigenvalue weighted by atomic mass is 32.2. The van der Waals surface area contributed by atoms with Crippen LogP contribution in [-0.2, 0) is 29.5 Å². The molecule has 3 heterocycles. The van der Waals surface area contributed by atoms with Crippen LogP contribution in [0.1, 0.15) is 24.9 Å². The van der Waals surface area contributed by atoms with Crippen molar-refractivity contribution in [3.63, 3.8) is 0 Å². The predicted molar refractivity (Wildman–Crippen MR) is 80.7 cm³/mol. The highest BCUT2D eigenvalue weighted by molar-refractivity contribution is 7.89. The predicted octanol–water partition coefficient (Wildman–Crippen LogP) is 0.121. The summed E-state index contributed by atoms with van der Waals surface area (Å²) < 4.78 is 29.9. The lowest BCUT2D eigenvalue weighted by Crippen LogP contribution is -2.35. The van der Waals surface area contributed by atoms with Crippen molar-refractivity contribution in [2.24, 2.45) is 0 Å². The normalized spacial score (nSPS) is 16.4. The number of sulfonamides is 1. The fourth-order valence-corrected chi connectivity index (χ4v) is 4.25. The molecular formula is C13H20N6O2S. The second kappa shape index (κ2) is 6.17. The monoisotopic (exact) mass is 324 g/mol. The van der Waals surface area contributed by atoms with E-state index >= 15 is 0 Å². The van der Waals surface area contributed by atoms with E-state index < -0.39 is 10.0 Å². The number of hydrogen-bond acceptors (Lipinski definition) is 5. The van der Waals surface area contributed by atoms with Crippen molar-refractivity contribution >= 4 is 10.0 Å². The van der Waals surface area contributed by atoms with Gasteiger partial charge in [-0.3, -0.25) is 0 Å². The molecule has 0 atom stereocenters. The van der Waals surface area contributed by atoms with Gasteiger partial charge in [-0.2, -0.15) is 9.40 Å². The first kappa shape index (κ1) is 15.2. The van der Waals surface area contributed by atoms with Crippen LogP contribution in [0.5, 0.6) is 0 Å². The van der Waals surface area contributed by atoms with Gasteiger partial charge in [0.25, 0.3) is 0 Å². The molecule has 8 nitrogen and oxygen atoms in total. The highest BCUT2D eigenvalue weighted by Crippen LogP contribution is 2.15. The van der Waals surface area contributed by atoms with Crippen LogP contribution in [0.4, 0.5) is 0 Å². The van der Waals surface area contributed by atoms with Gasteiger partial charge in [-0.05, 0) is 6.42 Å². The molecule has 1 aliphatic rings. The Morgan fingerprint density at radius 1 is 1.27 bits per heavy atom. The number of imidazole rings is 1. The summed E-state index contributed by atoms with van der Waals surface area (Å²) >= 11 is 0. The molecule has 0 fully saturated rings. The van der Waals surface area contributed by atoms with Crippen molar-refractivity contribution in [2.75, 3.05) is 18.8 Å². The third-order valence-corrected chi connectivity index (χ3v) is 5.90. The summed E-state index contributed by atoms with van der Waals surface area (Å²) in [5.74, 6) is 1.14. The molecule has 0 radical (unpaired) electrons. The van der Waals surface area contributed by atoms with Gasteiger partial charge < -0.3 is 4.57 Å². The van der Waals surface area contributed by atoms with E-state index in [0.29, 0.717) is 39.0 Å². The molecule has 0 N–H and O–H groups in total. The van der Waals surface area contributed by atoms with E-state index in [1.807, 2.05) is 13.1 Å². The molecule has 2 aromatic rings. The van der Waals surface area contributed by atoms with Crippen molar-refractivity contribution < 1.29 is 8.42 Å². The van der Waals surface area contributed by atoms with Crippen LogP contribution in [0.15, 0.2) is 18.9 Å². The fraction of sp³-hybridized carbons (Fsp3) is 0.615. The molecule has 0 saturated carbocycles. The van der Waals surface area contributed by atoms with Crippen LogP contribution in [0.2, 0.25) is 0 Å². The minimum atomic E-state index is -3.15. The number of fused-ring (bicyclic) bond motifs is 1. The van der Waals surface area contributed by atoms with Crippen molar-refractivity contribution in [3.05, 3.63) is 30.4 Å². The van der Waals surface area contributed by atoms with E-state index in [4.69, 9.17) is 0 Å². The smallest absolute Gasteiger partial charge is 0.214 e. The molecule has 9 heteroatoms. The van der Waals surface area contributed by atoms with Gasteiger partial charge in [0, 0.05) is 26.1 Å². The Balaban J connectivity index is 1.76. The summed E-state index contributed by atoms with van der Waals surface area (Å²) in [6, 6.07) is 0. The molecule has 0 saturated heterocycles. The van der Waals surface area contributed by atoms with Gasteiger partial charge in [0.2, 0.25) is 10.0 Å². The zero-order valence-electron chi connectivity index (χ0n) is 12.6. The van der Waals surface area contributed by atoms with Gasteiger partial charge in [0.1, 0.15) is 18.5 Å². The van der Waals surface area contributed by atoms with E-state index in [0.717, 1.165) is 11.5 Å². The molecular weight excluding hydrogens is 304 g/mol. The van der Waals surface area contributed by atoms with Gasteiger partial charge in [0.15, 0.2) is 0 Å². The average Bonchev–Trinajstić information content (AvgIpc) is 3.05. The largest absolute Gasteiger partial charge is 0.329 e. The van der Waals surface area contributed by atoms with Crippen LogP contribution in [0.3, 0.4) is 0 Å². The topological polar surface area (TPSA) is 85.9 Å². The highest BCUT2D eigenvalue weighted by Gasteiger charge is 2.25. The van der Waals surface area contributed by atoms with E-state index in [1.54, 1.807) is 15.3 Å². The van der Waals surface area contributed by atoms with Crippen molar-refractivity contribution in [2.45, 2.75) is 32.9 Å². The van der Waals surface area contributed by atoms with E-state index in [-0.39, 0.29) is 5.75 Å². The first-order valence-electron chi connectivity index (χ1n) is 7.43. The molecule has 22 heavy (non-hydrogen) atoms. The SMILES string of the molecule is CCCS(=O)(=O)N1CCc2ncc(Cn3cncn3)n2CC1. The summed E-state index contributed by atoms with van der Waals surface area (Å²) in [4.78, 5) is 8.37. The van der Waals surface area contributed by atoms with Crippen LogP contribution in [-0.4, -0.2) is 55.9 Å². The maximum absolute atomic E-state index is 12.2. The first-order chi connectivity index (χ1) is 10.6. The summed E-state index contributed by atoms with van der Waals surface area (Å²) in [5.41, 5.74) is 1.02. The Labute approximate surface area is 129 Å². The van der Waals surface area contributed by atoms with E-state index in [9.17, 15) is 8.42 Å². The standard InChI is InChI=1S/C13H20N6O2S/c1-2-7-22(20,21)18-4-3-13-15-8-12(19(13)6-5-18)9-17-11-14-10-16-17/h8,10-11H,2-7,9H2,1H3. The van der Waals surface area contributed by atoms with Gasteiger partial charge in [-0.15, -0.1) is 0 Å². The molecule has 0 aromatic carbocycles. The zero-order valence-corrected chi connectivity index (χ0v) is 13.4. The first-order valence-corrected chi connectivity index (χ1v) is 9.04. The van der Waals surface area contributed by atoms with Crippen molar-refractivity contribution in [1.29, 1.82) is 0 Å². The average molecular weight is 324 g/mol. The van der Waals surface area contributed by atoms with Crippen LogP contribution < -0.4 is 0 Å². The van der Waals surface area contributed by atoms with Crippen molar-refractivity contribution in [3.8, 4) is 0 Å². The number of aromatic nitrogens is 5. The number of hydrogen-bond donors (Lipinski definition) is 0. The lowest BCUT2D eigenvalue weighted by atomic mass is 10.4. The molecule has 120 valence electrons. The van der Waals surface area contributed by atoms with E-state index in [1.165, 1.54) is 6.33 Å². The van der Waals surface area contributed by atoms with Crippen LogP contribution in [0.25, 0.3) is 0 Å². The molecule has 0 spiro atoms. The van der Waals surface area contributed by atoms with Gasteiger partial charge in [-0.1, -0.05) is 6.92 Å².